The minimum atomic E-state index is -3.54. The Morgan fingerprint density at radius 2 is 1.92 bits per heavy atom. The third kappa shape index (κ3) is 4.57. The minimum Gasteiger partial charge on any atom is -0.341 e. The van der Waals surface area contributed by atoms with Gasteiger partial charge in [-0.2, -0.15) is 4.31 Å². The van der Waals surface area contributed by atoms with Crippen LogP contribution in [0.2, 0.25) is 5.02 Å². The summed E-state index contributed by atoms with van der Waals surface area (Å²) >= 11 is 5.92. The van der Waals surface area contributed by atoms with Gasteiger partial charge in [0.05, 0.1) is 11.4 Å². The van der Waals surface area contributed by atoms with E-state index in [2.05, 4.69) is 6.92 Å². The zero-order valence-electron chi connectivity index (χ0n) is 15.1. The van der Waals surface area contributed by atoms with E-state index in [-0.39, 0.29) is 10.8 Å². The highest BCUT2D eigenvalue weighted by Crippen LogP contribution is 2.21. The largest absolute Gasteiger partial charge is 0.341 e. The topological polar surface area (TPSA) is 60.9 Å². The Kier molecular flexibility index (Phi) is 6.22. The highest BCUT2D eigenvalue weighted by Gasteiger charge is 2.30. The predicted molar refractivity (Wildman–Crippen MR) is 102 cm³/mol. The molecule has 144 valence electrons. The first-order valence-corrected chi connectivity index (χ1v) is 10.9. The molecule has 1 amide bonds. The van der Waals surface area contributed by atoms with Crippen molar-refractivity contribution in [3.63, 3.8) is 0 Å². The van der Waals surface area contributed by atoms with Crippen LogP contribution in [-0.4, -0.2) is 74.2 Å². The summed E-state index contributed by atoms with van der Waals surface area (Å²) < 4.78 is 26.9. The Bertz CT molecular complexity index is 748. The van der Waals surface area contributed by atoms with E-state index >= 15 is 0 Å². The summed E-state index contributed by atoms with van der Waals surface area (Å²) in [5.74, 6) is 0.718. The molecule has 6 nitrogen and oxygen atoms in total. The van der Waals surface area contributed by atoms with E-state index in [0.717, 1.165) is 19.5 Å². The van der Waals surface area contributed by atoms with Crippen LogP contribution in [0.4, 0.5) is 0 Å². The lowest BCUT2D eigenvalue weighted by molar-refractivity contribution is -0.134. The quantitative estimate of drug-likeness (QED) is 0.775. The molecule has 0 N–H and O–H groups in total. The Morgan fingerprint density at radius 1 is 1.19 bits per heavy atom. The van der Waals surface area contributed by atoms with Gasteiger partial charge in [-0.05, 0) is 37.0 Å². The number of benzene rings is 1. The van der Waals surface area contributed by atoms with Gasteiger partial charge in [0.1, 0.15) is 0 Å². The van der Waals surface area contributed by atoms with E-state index in [1.807, 2.05) is 9.80 Å². The van der Waals surface area contributed by atoms with E-state index in [0.29, 0.717) is 43.7 Å². The molecule has 2 aliphatic heterocycles. The monoisotopic (exact) mass is 399 g/mol. The van der Waals surface area contributed by atoms with Crippen molar-refractivity contribution in [3.8, 4) is 0 Å². The fraction of sp³-hybridized carbons (Fsp3) is 0.611. The van der Waals surface area contributed by atoms with Crippen LogP contribution in [0.15, 0.2) is 29.2 Å². The van der Waals surface area contributed by atoms with Crippen molar-refractivity contribution in [2.24, 2.45) is 5.92 Å². The first kappa shape index (κ1) is 19.6. The lowest BCUT2D eigenvalue weighted by Gasteiger charge is -2.36. The van der Waals surface area contributed by atoms with Crippen LogP contribution in [0.5, 0.6) is 0 Å². The second kappa shape index (κ2) is 8.25. The maximum Gasteiger partial charge on any atom is 0.243 e. The van der Waals surface area contributed by atoms with Gasteiger partial charge in [0.2, 0.25) is 15.9 Å². The highest BCUT2D eigenvalue weighted by molar-refractivity contribution is 7.89. The third-order valence-electron chi connectivity index (χ3n) is 5.13. The molecule has 2 aliphatic rings. The van der Waals surface area contributed by atoms with Gasteiger partial charge in [-0.25, -0.2) is 8.42 Å². The van der Waals surface area contributed by atoms with Crippen molar-refractivity contribution in [2.45, 2.75) is 24.7 Å². The van der Waals surface area contributed by atoms with Gasteiger partial charge in [0, 0.05) is 44.3 Å². The average molecular weight is 400 g/mol. The number of carbonyl (C=O) groups excluding carboxylic acids is 1. The summed E-state index contributed by atoms with van der Waals surface area (Å²) in [7, 11) is -3.54. The van der Waals surface area contributed by atoms with Crippen LogP contribution in [0, 0.1) is 5.92 Å². The molecule has 0 unspecified atom stereocenters. The van der Waals surface area contributed by atoms with Crippen LogP contribution in [-0.2, 0) is 14.8 Å². The molecule has 0 aromatic heterocycles. The average Bonchev–Trinajstić information content (AvgIpc) is 2.62. The molecule has 2 saturated heterocycles. The molecule has 0 saturated carbocycles. The van der Waals surface area contributed by atoms with Gasteiger partial charge in [0.25, 0.3) is 0 Å². The number of hydrogen-bond donors (Lipinski definition) is 0. The lowest BCUT2D eigenvalue weighted by atomic mass is 10.0. The third-order valence-corrected chi connectivity index (χ3v) is 7.26. The van der Waals surface area contributed by atoms with Crippen LogP contribution < -0.4 is 0 Å². The Balaban J connectivity index is 1.55. The molecule has 1 aromatic carbocycles. The van der Waals surface area contributed by atoms with Gasteiger partial charge in [-0.1, -0.05) is 24.6 Å². The van der Waals surface area contributed by atoms with Crippen LogP contribution in [0.25, 0.3) is 0 Å². The molecular formula is C18H26ClN3O3S. The van der Waals surface area contributed by atoms with Gasteiger partial charge in [0.15, 0.2) is 0 Å². The molecule has 3 rings (SSSR count). The number of sulfonamides is 1. The van der Waals surface area contributed by atoms with Crippen LogP contribution in [0.1, 0.15) is 19.8 Å². The van der Waals surface area contributed by atoms with Crippen molar-refractivity contribution in [3.05, 3.63) is 29.3 Å². The van der Waals surface area contributed by atoms with Crippen molar-refractivity contribution in [1.29, 1.82) is 0 Å². The van der Waals surface area contributed by atoms with Crippen molar-refractivity contribution < 1.29 is 13.2 Å². The predicted octanol–water partition coefficient (Wildman–Crippen LogP) is 1.90. The number of amides is 1. The van der Waals surface area contributed by atoms with E-state index < -0.39 is 10.0 Å². The first-order valence-electron chi connectivity index (χ1n) is 9.12. The smallest absolute Gasteiger partial charge is 0.243 e. The van der Waals surface area contributed by atoms with Crippen LogP contribution >= 0.6 is 11.6 Å². The van der Waals surface area contributed by atoms with Gasteiger partial charge in [-0.3, -0.25) is 9.69 Å². The molecule has 2 heterocycles. The summed E-state index contributed by atoms with van der Waals surface area (Å²) in [6.45, 7) is 6.13. The molecule has 0 bridgehead atoms. The molecule has 2 fully saturated rings. The number of halogens is 1. The van der Waals surface area contributed by atoms with Crippen LogP contribution in [0.3, 0.4) is 0 Å². The summed E-state index contributed by atoms with van der Waals surface area (Å²) in [5, 5.41) is 0.408. The number of piperazine rings is 1. The van der Waals surface area contributed by atoms with Crippen molar-refractivity contribution in [2.75, 3.05) is 45.8 Å². The number of likely N-dealkylation sites (tertiary alicyclic amines) is 1. The molecule has 0 radical (unpaired) electrons. The lowest BCUT2D eigenvalue weighted by Crippen LogP contribution is -2.52. The molecular weight excluding hydrogens is 374 g/mol. The number of nitrogens with zero attached hydrogens (tertiary/aromatic N) is 3. The SMILES string of the molecule is C[C@@H]1CCCN(C(=O)CN2CCN(S(=O)(=O)c3cccc(Cl)c3)CC2)C1. The summed E-state index contributed by atoms with van der Waals surface area (Å²) in [5.41, 5.74) is 0. The standard InChI is InChI=1S/C18H26ClN3O3S/c1-15-4-3-7-21(13-15)18(23)14-20-8-10-22(11-9-20)26(24,25)17-6-2-5-16(19)12-17/h2,5-6,12,15H,3-4,7-11,13-14H2,1H3/t15-/m1/s1. The van der Waals surface area contributed by atoms with E-state index in [9.17, 15) is 13.2 Å². The van der Waals surface area contributed by atoms with E-state index in [1.165, 1.54) is 16.8 Å². The second-order valence-corrected chi connectivity index (χ2v) is 9.60. The molecule has 8 heteroatoms. The zero-order valence-corrected chi connectivity index (χ0v) is 16.7. The maximum atomic E-state index is 12.7. The summed E-state index contributed by atoms with van der Waals surface area (Å²) in [4.78, 5) is 16.7. The number of carbonyl (C=O) groups is 1. The zero-order chi connectivity index (χ0) is 18.7. The van der Waals surface area contributed by atoms with E-state index in [4.69, 9.17) is 11.6 Å². The van der Waals surface area contributed by atoms with Gasteiger partial charge < -0.3 is 4.90 Å². The number of rotatable bonds is 4. The fourth-order valence-electron chi connectivity index (χ4n) is 3.61. The number of hydrogen-bond acceptors (Lipinski definition) is 4. The Morgan fingerprint density at radius 3 is 2.58 bits per heavy atom. The van der Waals surface area contributed by atoms with E-state index in [1.54, 1.807) is 18.2 Å². The Hall–Kier alpha value is -1.15. The normalized spacial score (nSPS) is 23.2. The van der Waals surface area contributed by atoms with Crippen molar-refractivity contribution in [1.82, 2.24) is 14.1 Å². The van der Waals surface area contributed by atoms with Gasteiger partial charge in [-0.15, -0.1) is 0 Å². The fourth-order valence-corrected chi connectivity index (χ4v) is 5.34. The molecule has 1 atom stereocenters. The molecule has 0 spiro atoms. The summed E-state index contributed by atoms with van der Waals surface area (Å²) in [6.07, 6.45) is 2.25. The molecule has 26 heavy (non-hydrogen) atoms. The maximum absolute atomic E-state index is 12.7. The molecule has 0 aliphatic carbocycles. The van der Waals surface area contributed by atoms with Gasteiger partial charge >= 0.3 is 0 Å². The van der Waals surface area contributed by atoms with Crippen molar-refractivity contribution >= 4 is 27.5 Å². The summed E-state index contributed by atoms with van der Waals surface area (Å²) in [6, 6.07) is 6.34. The first-order chi connectivity index (χ1) is 12.4. The molecule has 1 aromatic rings. The minimum absolute atomic E-state index is 0.155. The second-order valence-electron chi connectivity index (χ2n) is 7.22. The highest BCUT2D eigenvalue weighted by atomic mass is 35.5. The Labute approximate surface area is 160 Å². The number of piperidine rings is 1.